The Labute approximate surface area is 178 Å². The Hall–Kier alpha value is -2.62. The van der Waals surface area contributed by atoms with E-state index in [0.717, 1.165) is 16.3 Å². The van der Waals surface area contributed by atoms with Crippen molar-refractivity contribution in [3.63, 3.8) is 0 Å². The molecule has 1 aromatic heterocycles. The quantitative estimate of drug-likeness (QED) is 0.480. The summed E-state index contributed by atoms with van der Waals surface area (Å²) in [6.07, 6.45) is 1.61. The van der Waals surface area contributed by atoms with Crippen molar-refractivity contribution >= 4 is 27.3 Å². The van der Waals surface area contributed by atoms with Crippen molar-refractivity contribution in [3.05, 3.63) is 70.5 Å². The number of aromatic nitrogens is 1. The maximum Gasteiger partial charge on any atom is 0.336 e. The standard InChI is InChI=1S/C21H21FN2O4S2/c1-2-14-7-10-18(12-19(14)21(25)26)30(27,28)23-11-3-4-17-13-29-20(24-17)15-5-8-16(22)9-6-15/h5-10,12-13,23H,2-4,11H2,1H3,(H,25,26). The molecule has 0 fully saturated rings. The van der Waals surface area contributed by atoms with Gasteiger partial charge in [0, 0.05) is 17.5 Å². The maximum atomic E-state index is 13.0. The lowest BCUT2D eigenvalue weighted by Gasteiger charge is -2.09. The number of thiazole rings is 1. The number of carboxylic acids is 1. The molecule has 158 valence electrons. The SMILES string of the molecule is CCc1ccc(S(=O)(=O)NCCCc2csc(-c3ccc(F)cc3)n2)cc1C(=O)O. The summed E-state index contributed by atoms with van der Waals surface area (Å²) in [6.45, 7) is 2.01. The van der Waals surface area contributed by atoms with Gasteiger partial charge in [-0.25, -0.2) is 27.3 Å². The molecule has 0 aliphatic heterocycles. The number of benzene rings is 2. The summed E-state index contributed by atoms with van der Waals surface area (Å²) in [7, 11) is -3.80. The smallest absolute Gasteiger partial charge is 0.336 e. The number of hydrogen-bond donors (Lipinski definition) is 2. The fourth-order valence-electron chi connectivity index (χ4n) is 2.94. The molecule has 9 heteroatoms. The molecule has 0 saturated carbocycles. The zero-order valence-electron chi connectivity index (χ0n) is 16.3. The third-order valence-corrected chi connectivity index (χ3v) is 6.95. The molecule has 0 atom stereocenters. The third-order valence-electron chi connectivity index (χ3n) is 4.55. The Bertz CT molecular complexity index is 1140. The Morgan fingerprint density at radius 2 is 1.93 bits per heavy atom. The van der Waals surface area contributed by atoms with Gasteiger partial charge in [-0.15, -0.1) is 11.3 Å². The second-order valence-corrected chi connectivity index (χ2v) is 9.25. The van der Waals surface area contributed by atoms with Gasteiger partial charge in [0.1, 0.15) is 10.8 Å². The summed E-state index contributed by atoms with van der Waals surface area (Å²) in [4.78, 5) is 15.8. The number of aromatic carboxylic acids is 1. The predicted molar refractivity (Wildman–Crippen MR) is 114 cm³/mol. The van der Waals surface area contributed by atoms with E-state index in [-0.39, 0.29) is 22.8 Å². The van der Waals surface area contributed by atoms with Crippen LogP contribution in [0.4, 0.5) is 4.39 Å². The third kappa shape index (κ3) is 5.29. The molecular formula is C21H21FN2O4S2. The Kier molecular flexibility index (Phi) is 6.96. The predicted octanol–water partition coefficient (Wildman–Crippen LogP) is 4.12. The van der Waals surface area contributed by atoms with Crippen molar-refractivity contribution in [1.82, 2.24) is 9.71 Å². The second kappa shape index (κ2) is 9.46. The molecule has 0 aliphatic carbocycles. The summed E-state index contributed by atoms with van der Waals surface area (Å²) >= 11 is 1.45. The van der Waals surface area contributed by atoms with Gasteiger partial charge in [0.05, 0.1) is 16.2 Å². The largest absolute Gasteiger partial charge is 0.478 e. The van der Waals surface area contributed by atoms with E-state index < -0.39 is 16.0 Å². The van der Waals surface area contributed by atoms with E-state index in [0.29, 0.717) is 24.8 Å². The molecule has 2 N–H and O–H groups in total. The van der Waals surface area contributed by atoms with E-state index in [2.05, 4.69) is 9.71 Å². The van der Waals surface area contributed by atoms with Crippen molar-refractivity contribution < 1.29 is 22.7 Å². The monoisotopic (exact) mass is 448 g/mol. The van der Waals surface area contributed by atoms with Gasteiger partial charge in [-0.2, -0.15) is 0 Å². The van der Waals surface area contributed by atoms with Crippen LogP contribution in [0.1, 0.15) is 35.0 Å². The molecule has 0 unspecified atom stereocenters. The van der Waals surface area contributed by atoms with Crippen LogP contribution in [0.15, 0.2) is 52.7 Å². The van der Waals surface area contributed by atoms with Gasteiger partial charge in [0.2, 0.25) is 10.0 Å². The average molecular weight is 449 g/mol. The molecule has 0 bridgehead atoms. The molecule has 0 saturated heterocycles. The van der Waals surface area contributed by atoms with Gasteiger partial charge >= 0.3 is 5.97 Å². The minimum atomic E-state index is -3.80. The summed E-state index contributed by atoms with van der Waals surface area (Å²) in [5.74, 6) is -1.45. The van der Waals surface area contributed by atoms with E-state index >= 15 is 0 Å². The molecule has 0 radical (unpaired) electrons. The van der Waals surface area contributed by atoms with Crippen LogP contribution >= 0.6 is 11.3 Å². The zero-order chi connectivity index (χ0) is 21.7. The fourth-order valence-corrected chi connectivity index (χ4v) is 4.90. The average Bonchev–Trinajstić information content (AvgIpc) is 3.20. The lowest BCUT2D eigenvalue weighted by molar-refractivity contribution is 0.0695. The summed E-state index contributed by atoms with van der Waals surface area (Å²) in [5.41, 5.74) is 2.25. The van der Waals surface area contributed by atoms with Gasteiger partial charge in [0.15, 0.2) is 0 Å². The normalized spacial score (nSPS) is 11.5. The van der Waals surface area contributed by atoms with Gasteiger partial charge in [-0.05, 0) is 61.2 Å². The highest BCUT2D eigenvalue weighted by Gasteiger charge is 2.18. The minimum Gasteiger partial charge on any atom is -0.478 e. The van der Waals surface area contributed by atoms with Crippen LogP contribution in [0.3, 0.4) is 0 Å². The van der Waals surface area contributed by atoms with Crippen molar-refractivity contribution in [3.8, 4) is 10.6 Å². The van der Waals surface area contributed by atoms with Crippen LogP contribution in [0.25, 0.3) is 10.6 Å². The molecule has 2 aromatic carbocycles. The van der Waals surface area contributed by atoms with Crippen LogP contribution in [0, 0.1) is 5.82 Å². The van der Waals surface area contributed by atoms with Gasteiger partial charge in [0.25, 0.3) is 0 Å². The number of hydrogen-bond acceptors (Lipinski definition) is 5. The number of rotatable bonds is 9. The van der Waals surface area contributed by atoms with E-state index in [4.69, 9.17) is 0 Å². The number of nitrogens with zero attached hydrogens (tertiary/aromatic N) is 1. The number of sulfonamides is 1. The Balaban J connectivity index is 1.58. The first-order chi connectivity index (χ1) is 14.3. The van der Waals surface area contributed by atoms with Crippen LogP contribution in [-0.4, -0.2) is 31.0 Å². The first-order valence-electron chi connectivity index (χ1n) is 9.36. The van der Waals surface area contributed by atoms with Crippen molar-refractivity contribution in [2.24, 2.45) is 0 Å². The highest BCUT2D eigenvalue weighted by Crippen LogP contribution is 2.24. The lowest BCUT2D eigenvalue weighted by atomic mass is 10.1. The molecule has 1 heterocycles. The van der Waals surface area contributed by atoms with Crippen LogP contribution in [-0.2, 0) is 22.9 Å². The molecule has 0 aliphatic rings. The van der Waals surface area contributed by atoms with Gasteiger partial charge < -0.3 is 5.11 Å². The highest BCUT2D eigenvalue weighted by atomic mass is 32.2. The molecule has 3 aromatic rings. The molecular weight excluding hydrogens is 427 g/mol. The summed E-state index contributed by atoms with van der Waals surface area (Å²) in [6, 6.07) is 10.2. The number of carbonyl (C=O) groups is 1. The molecule has 0 amide bonds. The Morgan fingerprint density at radius 1 is 1.20 bits per heavy atom. The van der Waals surface area contributed by atoms with Crippen LogP contribution in [0.2, 0.25) is 0 Å². The highest BCUT2D eigenvalue weighted by molar-refractivity contribution is 7.89. The van der Waals surface area contributed by atoms with E-state index in [9.17, 15) is 22.7 Å². The summed E-state index contributed by atoms with van der Waals surface area (Å²) < 4.78 is 40.5. The van der Waals surface area contributed by atoms with Crippen molar-refractivity contribution in [2.75, 3.05) is 6.54 Å². The fraction of sp³-hybridized carbons (Fsp3) is 0.238. The minimum absolute atomic E-state index is 0.00355. The lowest BCUT2D eigenvalue weighted by Crippen LogP contribution is -2.25. The molecule has 30 heavy (non-hydrogen) atoms. The first kappa shape index (κ1) is 22.1. The van der Waals surface area contributed by atoms with Gasteiger partial charge in [-0.3, -0.25) is 0 Å². The maximum absolute atomic E-state index is 13.0. The summed E-state index contributed by atoms with van der Waals surface area (Å²) in [5, 5.41) is 12.0. The second-order valence-electron chi connectivity index (χ2n) is 6.63. The number of carboxylic acid groups (broad SMARTS) is 1. The molecule has 6 nitrogen and oxygen atoms in total. The molecule has 3 rings (SSSR count). The Morgan fingerprint density at radius 3 is 2.60 bits per heavy atom. The van der Waals surface area contributed by atoms with Gasteiger partial charge in [-0.1, -0.05) is 13.0 Å². The van der Waals surface area contributed by atoms with Crippen LogP contribution in [0.5, 0.6) is 0 Å². The van der Waals surface area contributed by atoms with E-state index in [1.54, 1.807) is 12.1 Å². The van der Waals surface area contributed by atoms with Crippen molar-refractivity contribution in [2.45, 2.75) is 31.1 Å². The number of aryl methyl sites for hydroxylation is 2. The van der Waals surface area contributed by atoms with E-state index in [1.165, 1.54) is 41.7 Å². The topological polar surface area (TPSA) is 96.4 Å². The first-order valence-corrected chi connectivity index (χ1v) is 11.7. The van der Waals surface area contributed by atoms with Crippen LogP contribution < -0.4 is 4.72 Å². The molecule has 0 spiro atoms. The van der Waals surface area contributed by atoms with Crippen molar-refractivity contribution in [1.29, 1.82) is 0 Å². The zero-order valence-corrected chi connectivity index (χ0v) is 17.9. The number of halogens is 1. The number of nitrogens with one attached hydrogen (secondary N) is 1. The van der Waals surface area contributed by atoms with E-state index in [1.807, 2.05) is 12.3 Å².